The third-order valence-corrected chi connectivity index (χ3v) is 5.15. The summed E-state index contributed by atoms with van der Waals surface area (Å²) in [5.74, 6) is -1.16. The Bertz CT molecular complexity index is 415. The fourth-order valence-corrected chi connectivity index (χ4v) is 3.24. The fraction of sp³-hybridized carbons (Fsp3) is 0.920. The molecule has 0 atom stereocenters. The number of unbranched alkanes of at least 4 members (excludes halogenated alkanes) is 11. The predicted molar refractivity (Wildman–Crippen MR) is 126 cm³/mol. The lowest BCUT2D eigenvalue weighted by molar-refractivity contribution is -0.146. The lowest BCUT2D eigenvalue weighted by Gasteiger charge is -2.08. The number of carboxylic acid groups (broad SMARTS) is 1. The molecule has 0 aliphatic carbocycles. The maximum atomic E-state index is 11.4. The molecule has 0 aromatic heterocycles. The van der Waals surface area contributed by atoms with Crippen LogP contribution in [0.2, 0.25) is 0 Å². The lowest BCUT2D eigenvalue weighted by atomic mass is 10.1. The topological polar surface area (TPSA) is 91.3 Å². The van der Waals surface area contributed by atoms with Gasteiger partial charge < -0.3 is 24.1 Å². The van der Waals surface area contributed by atoms with Crippen molar-refractivity contribution in [2.45, 2.75) is 103 Å². The number of carbonyl (C=O) groups is 2. The van der Waals surface area contributed by atoms with E-state index in [0.29, 0.717) is 45.9 Å². The molecular formula is C25H48O7. The first kappa shape index (κ1) is 30.8. The number of aliphatic carboxylic acids is 1. The van der Waals surface area contributed by atoms with Crippen molar-refractivity contribution >= 4 is 11.9 Å². The van der Waals surface area contributed by atoms with Gasteiger partial charge in [0.25, 0.3) is 0 Å². The highest BCUT2D eigenvalue weighted by Gasteiger charge is 2.04. The molecule has 0 aliphatic rings. The molecule has 0 aromatic carbocycles. The average molecular weight is 461 g/mol. The second kappa shape index (κ2) is 26.1. The summed E-state index contributed by atoms with van der Waals surface area (Å²) in [5, 5.41) is 8.52. The van der Waals surface area contributed by atoms with Crippen LogP contribution in [0.1, 0.15) is 103 Å². The third kappa shape index (κ3) is 26.9. The van der Waals surface area contributed by atoms with Gasteiger partial charge in [-0.15, -0.1) is 0 Å². The molecule has 0 heterocycles. The highest BCUT2D eigenvalue weighted by atomic mass is 16.6. The third-order valence-electron chi connectivity index (χ3n) is 5.15. The van der Waals surface area contributed by atoms with Crippen molar-refractivity contribution < 1.29 is 33.6 Å². The standard InChI is InChI=1S/C25H48O7/c1-2-3-4-5-6-7-8-9-10-11-14-17-29-18-19-30-20-21-31-22-23-32-25(28)16-13-12-15-24(26)27/h2-23H2,1H3,(H,26,27). The van der Waals surface area contributed by atoms with Gasteiger partial charge in [0.05, 0.1) is 33.0 Å². The van der Waals surface area contributed by atoms with Gasteiger partial charge in [-0.05, 0) is 19.3 Å². The minimum atomic E-state index is -0.843. The van der Waals surface area contributed by atoms with Crippen molar-refractivity contribution in [2.24, 2.45) is 0 Å². The van der Waals surface area contributed by atoms with Crippen LogP contribution in [0.4, 0.5) is 0 Å². The van der Waals surface area contributed by atoms with E-state index in [1.807, 2.05) is 0 Å². The van der Waals surface area contributed by atoms with E-state index in [-0.39, 0.29) is 25.4 Å². The number of ether oxygens (including phenoxy) is 4. The number of carbonyl (C=O) groups excluding carboxylic acids is 1. The molecule has 7 nitrogen and oxygen atoms in total. The van der Waals surface area contributed by atoms with Crippen molar-refractivity contribution in [3.63, 3.8) is 0 Å². The molecule has 0 fully saturated rings. The smallest absolute Gasteiger partial charge is 0.305 e. The van der Waals surface area contributed by atoms with Gasteiger partial charge in [0.1, 0.15) is 6.61 Å². The minimum absolute atomic E-state index is 0.0841. The summed E-state index contributed by atoms with van der Waals surface area (Å²) >= 11 is 0. The molecule has 0 aromatic rings. The average Bonchev–Trinajstić information content (AvgIpc) is 2.77. The van der Waals surface area contributed by atoms with E-state index in [1.165, 1.54) is 64.2 Å². The van der Waals surface area contributed by atoms with E-state index < -0.39 is 5.97 Å². The monoisotopic (exact) mass is 460 g/mol. The van der Waals surface area contributed by atoms with Crippen LogP contribution in [0.25, 0.3) is 0 Å². The number of hydrogen-bond acceptors (Lipinski definition) is 6. The quantitative estimate of drug-likeness (QED) is 0.134. The van der Waals surface area contributed by atoms with Gasteiger partial charge in [-0.3, -0.25) is 9.59 Å². The molecule has 0 spiro atoms. The van der Waals surface area contributed by atoms with Gasteiger partial charge in [0.2, 0.25) is 0 Å². The van der Waals surface area contributed by atoms with Crippen molar-refractivity contribution in [1.29, 1.82) is 0 Å². The lowest BCUT2D eigenvalue weighted by Crippen LogP contribution is -2.14. The Morgan fingerprint density at radius 1 is 0.531 bits per heavy atom. The first-order chi connectivity index (χ1) is 15.7. The number of esters is 1. The zero-order valence-electron chi connectivity index (χ0n) is 20.5. The zero-order chi connectivity index (χ0) is 23.5. The molecule has 0 unspecified atom stereocenters. The van der Waals surface area contributed by atoms with E-state index in [9.17, 15) is 9.59 Å². The second-order valence-electron chi connectivity index (χ2n) is 8.19. The molecule has 0 rings (SSSR count). The van der Waals surface area contributed by atoms with Gasteiger partial charge >= 0.3 is 11.9 Å². The van der Waals surface area contributed by atoms with Crippen molar-refractivity contribution in [3.8, 4) is 0 Å². The van der Waals surface area contributed by atoms with Gasteiger partial charge in [-0.25, -0.2) is 0 Å². The summed E-state index contributed by atoms with van der Waals surface area (Å²) < 4.78 is 21.4. The van der Waals surface area contributed by atoms with E-state index in [2.05, 4.69) is 6.92 Å². The number of hydrogen-bond donors (Lipinski definition) is 1. The molecule has 0 saturated carbocycles. The van der Waals surface area contributed by atoms with Crippen LogP contribution < -0.4 is 0 Å². The van der Waals surface area contributed by atoms with E-state index >= 15 is 0 Å². The van der Waals surface area contributed by atoms with Crippen LogP contribution in [0, 0.1) is 0 Å². The molecule has 0 amide bonds. The Morgan fingerprint density at radius 3 is 1.50 bits per heavy atom. The Kier molecular flexibility index (Phi) is 25.1. The Morgan fingerprint density at radius 2 is 0.969 bits per heavy atom. The van der Waals surface area contributed by atoms with E-state index in [0.717, 1.165) is 13.0 Å². The number of carboxylic acids is 1. The largest absolute Gasteiger partial charge is 0.481 e. The maximum absolute atomic E-state index is 11.4. The van der Waals surface area contributed by atoms with E-state index in [4.69, 9.17) is 24.1 Å². The molecule has 0 radical (unpaired) electrons. The molecular weight excluding hydrogens is 412 g/mol. The zero-order valence-corrected chi connectivity index (χ0v) is 20.5. The van der Waals surface area contributed by atoms with Crippen LogP contribution >= 0.6 is 0 Å². The Hall–Kier alpha value is -1.18. The van der Waals surface area contributed by atoms with Crippen LogP contribution in [-0.2, 0) is 28.5 Å². The molecule has 0 bridgehead atoms. The normalized spacial score (nSPS) is 11.0. The molecule has 0 aliphatic heterocycles. The summed E-state index contributed by atoms with van der Waals surface area (Å²) in [7, 11) is 0. The van der Waals surface area contributed by atoms with Crippen LogP contribution in [-0.4, -0.2) is 63.3 Å². The summed E-state index contributed by atoms with van der Waals surface area (Å²) in [4.78, 5) is 21.8. The SMILES string of the molecule is CCCCCCCCCCCCCOCCOCCOCCOC(=O)CCCCC(=O)O. The first-order valence-corrected chi connectivity index (χ1v) is 12.8. The predicted octanol–water partition coefficient (Wildman–Crippen LogP) is 5.54. The molecule has 1 N–H and O–H groups in total. The van der Waals surface area contributed by atoms with Crippen molar-refractivity contribution in [3.05, 3.63) is 0 Å². The summed E-state index contributed by atoms with van der Waals surface area (Å²) in [5.41, 5.74) is 0. The van der Waals surface area contributed by atoms with Crippen LogP contribution in [0.3, 0.4) is 0 Å². The highest BCUT2D eigenvalue weighted by Crippen LogP contribution is 2.11. The molecule has 7 heteroatoms. The molecule has 0 saturated heterocycles. The van der Waals surface area contributed by atoms with Crippen molar-refractivity contribution in [1.82, 2.24) is 0 Å². The summed E-state index contributed by atoms with van der Waals surface area (Å²) in [6.07, 6.45) is 16.1. The summed E-state index contributed by atoms with van der Waals surface area (Å²) in [6, 6.07) is 0. The van der Waals surface area contributed by atoms with Crippen LogP contribution in [0.5, 0.6) is 0 Å². The Labute approximate surface area is 195 Å². The second-order valence-corrected chi connectivity index (χ2v) is 8.19. The van der Waals surface area contributed by atoms with Crippen LogP contribution in [0.15, 0.2) is 0 Å². The van der Waals surface area contributed by atoms with Gasteiger partial charge in [-0.2, -0.15) is 0 Å². The van der Waals surface area contributed by atoms with Gasteiger partial charge in [0.15, 0.2) is 0 Å². The minimum Gasteiger partial charge on any atom is -0.481 e. The number of rotatable bonds is 26. The van der Waals surface area contributed by atoms with Gasteiger partial charge in [0, 0.05) is 19.4 Å². The maximum Gasteiger partial charge on any atom is 0.305 e. The van der Waals surface area contributed by atoms with E-state index in [1.54, 1.807) is 0 Å². The molecule has 32 heavy (non-hydrogen) atoms. The molecule has 190 valence electrons. The Balaban J connectivity index is 3.10. The van der Waals surface area contributed by atoms with Crippen molar-refractivity contribution in [2.75, 3.05) is 46.2 Å². The first-order valence-electron chi connectivity index (χ1n) is 12.8. The highest BCUT2D eigenvalue weighted by molar-refractivity contribution is 5.69. The summed E-state index contributed by atoms with van der Waals surface area (Å²) in [6.45, 7) is 5.72. The fourth-order valence-electron chi connectivity index (χ4n) is 3.24. The van der Waals surface area contributed by atoms with Gasteiger partial charge in [-0.1, -0.05) is 71.1 Å².